The second-order valence-electron chi connectivity index (χ2n) is 6.92. The highest BCUT2D eigenvalue weighted by atomic mass is 79.9. The van der Waals surface area contributed by atoms with E-state index in [1.165, 1.54) is 7.11 Å². The van der Waals surface area contributed by atoms with Gasteiger partial charge in [-0.2, -0.15) is 0 Å². The number of halogens is 1. The lowest BCUT2D eigenvalue weighted by atomic mass is 9.97. The summed E-state index contributed by atoms with van der Waals surface area (Å²) in [6.45, 7) is 2.76. The predicted molar refractivity (Wildman–Crippen MR) is 123 cm³/mol. The second-order valence-corrected chi connectivity index (χ2v) is 7.71. The number of rotatable bonds is 11. The van der Waals surface area contributed by atoms with Gasteiger partial charge in [0.25, 0.3) is 0 Å². The van der Waals surface area contributed by atoms with Crippen LogP contribution in [0, 0.1) is 0 Å². The third-order valence-electron chi connectivity index (χ3n) is 4.74. The number of carbonyl (C=O) groups is 1. The Morgan fingerprint density at radius 1 is 1.17 bits per heavy atom. The maximum Gasteiger partial charge on any atom is 0.197 e. The lowest BCUT2D eigenvalue weighted by molar-refractivity contribution is 0.103. The Labute approximate surface area is 185 Å². The molecule has 0 saturated heterocycles. The van der Waals surface area contributed by atoms with Gasteiger partial charge in [0.15, 0.2) is 5.78 Å². The van der Waals surface area contributed by atoms with Crippen molar-refractivity contribution in [2.75, 3.05) is 19.0 Å². The minimum absolute atomic E-state index is 0.0484. The van der Waals surface area contributed by atoms with Crippen LogP contribution in [0.3, 0.4) is 0 Å². The van der Waals surface area contributed by atoms with Crippen LogP contribution in [0.15, 0.2) is 52.0 Å². The van der Waals surface area contributed by atoms with Crippen molar-refractivity contribution in [3.63, 3.8) is 0 Å². The van der Waals surface area contributed by atoms with Crippen molar-refractivity contribution in [2.24, 2.45) is 5.16 Å². The quantitative estimate of drug-likeness (QED) is 0.110. The van der Waals surface area contributed by atoms with Crippen molar-refractivity contribution >= 4 is 38.9 Å². The fraction of sp³-hybridized carbons (Fsp3) is 0.333. The van der Waals surface area contributed by atoms with Gasteiger partial charge in [-0.15, -0.1) is 0 Å². The van der Waals surface area contributed by atoms with E-state index in [4.69, 9.17) is 14.0 Å². The van der Waals surface area contributed by atoms with Crippen molar-refractivity contribution in [3.8, 4) is 5.75 Å². The first-order valence-corrected chi connectivity index (χ1v) is 11.3. The van der Waals surface area contributed by atoms with Crippen molar-refractivity contribution in [1.82, 2.24) is 0 Å². The molecule has 30 heavy (non-hydrogen) atoms. The predicted octanol–water partition coefficient (Wildman–Crippen LogP) is 6.15. The molecule has 1 heterocycles. The zero-order chi connectivity index (χ0) is 21.3. The number of ether oxygens (including phenoxy) is 1. The number of nitrogens with zero attached hydrogens (tertiary/aromatic N) is 1. The average Bonchev–Trinajstić information content (AvgIpc) is 3.14. The Bertz CT molecular complexity index is 1010. The standard InChI is InChI=1S/C24H26BrNO4/c1-3-4-6-22-23(20-15-17(16-26-28-2)7-12-21(20)30-22)24(27)18-8-10-19(11-9-18)29-14-5-13-25/h7-12,15-16H,3-6,13-14H2,1-2H3/b26-16+. The number of hydrogen-bond donors (Lipinski definition) is 0. The molecule has 2 aromatic carbocycles. The molecule has 0 aliphatic rings. The van der Waals surface area contributed by atoms with Gasteiger partial charge in [0, 0.05) is 22.7 Å². The van der Waals surface area contributed by atoms with E-state index in [0.29, 0.717) is 23.3 Å². The highest BCUT2D eigenvalue weighted by Gasteiger charge is 2.22. The SMILES string of the molecule is CCCCc1oc2ccc(/C=N/OC)cc2c1C(=O)c1ccc(OCCCBr)cc1. The molecule has 3 rings (SSSR count). The first-order valence-electron chi connectivity index (χ1n) is 10.1. The number of carbonyl (C=O) groups excluding carboxylic acids is 1. The van der Waals surface area contributed by atoms with E-state index in [-0.39, 0.29) is 5.78 Å². The van der Waals surface area contributed by atoms with E-state index in [2.05, 4.69) is 28.0 Å². The normalized spacial score (nSPS) is 11.3. The van der Waals surface area contributed by atoms with Crippen molar-refractivity contribution in [2.45, 2.75) is 32.6 Å². The molecule has 0 unspecified atom stereocenters. The zero-order valence-corrected chi connectivity index (χ0v) is 18.9. The topological polar surface area (TPSA) is 61.0 Å². The van der Waals surface area contributed by atoms with Crippen LogP contribution in [-0.4, -0.2) is 31.0 Å². The molecule has 0 amide bonds. The van der Waals surface area contributed by atoms with E-state index < -0.39 is 0 Å². The molecule has 0 atom stereocenters. The van der Waals surface area contributed by atoms with Gasteiger partial charge in [-0.05, 0) is 60.9 Å². The van der Waals surface area contributed by atoms with Gasteiger partial charge in [-0.3, -0.25) is 4.79 Å². The summed E-state index contributed by atoms with van der Waals surface area (Å²) in [6.07, 6.45) is 5.25. The van der Waals surface area contributed by atoms with Gasteiger partial charge in [-0.1, -0.05) is 34.4 Å². The van der Waals surface area contributed by atoms with Crippen molar-refractivity contribution < 1.29 is 18.8 Å². The Morgan fingerprint density at radius 3 is 2.67 bits per heavy atom. The number of fused-ring (bicyclic) bond motifs is 1. The highest BCUT2D eigenvalue weighted by molar-refractivity contribution is 9.09. The lowest BCUT2D eigenvalue weighted by Gasteiger charge is -2.07. The molecule has 1 aromatic heterocycles. The van der Waals surface area contributed by atoms with Crippen LogP contribution in [0.4, 0.5) is 0 Å². The van der Waals surface area contributed by atoms with E-state index in [0.717, 1.165) is 53.5 Å². The van der Waals surface area contributed by atoms with E-state index >= 15 is 0 Å². The van der Waals surface area contributed by atoms with Gasteiger partial charge < -0.3 is 14.0 Å². The third kappa shape index (κ3) is 5.30. The number of furan rings is 1. The Morgan fingerprint density at radius 2 is 1.97 bits per heavy atom. The van der Waals surface area contributed by atoms with Crippen LogP contribution in [0.5, 0.6) is 5.75 Å². The first-order chi connectivity index (χ1) is 14.7. The number of ketones is 1. The summed E-state index contributed by atoms with van der Waals surface area (Å²) in [4.78, 5) is 18.2. The van der Waals surface area contributed by atoms with Crippen LogP contribution in [0.2, 0.25) is 0 Å². The van der Waals surface area contributed by atoms with E-state index in [1.807, 2.05) is 42.5 Å². The smallest absolute Gasteiger partial charge is 0.197 e. The van der Waals surface area contributed by atoms with Crippen LogP contribution >= 0.6 is 15.9 Å². The number of hydrogen-bond acceptors (Lipinski definition) is 5. The molecule has 0 fully saturated rings. The molecule has 158 valence electrons. The van der Waals surface area contributed by atoms with Gasteiger partial charge in [-0.25, -0.2) is 0 Å². The van der Waals surface area contributed by atoms with Crippen molar-refractivity contribution in [3.05, 3.63) is 64.9 Å². The molecular weight excluding hydrogens is 446 g/mol. The second kappa shape index (κ2) is 11.0. The van der Waals surface area contributed by atoms with Crippen LogP contribution in [0.25, 0.3) is 11.0 Å². The van der Waals surface area contributed by atoms with Crippen molar-refractivity contribution in [1.29, 1.82) is 0 Å². The number of unbranched alkanes of at least 4 members (excludes halogenated alkanes) is 1. The minimum atomic E-state index is -0.0484. The summed E-state index contributed by atoms with van der Waals surface area (Å²) in [7, 11) is 1.50. The summed E-state index contributed by atoms with van der Waals surface area (Å²) < 4.78 is 11.8. The van der Waals surface area contributed by atoms with Gasteiger partial charge in [0.2, 0.25) is 0 Å². The Balaban J connectivity index is 1.96. The van der Waals surface area contributed by atoms with Gasteiger partial charge in [0.1, 0.15) is 24.2 Å². The third-order valence-corrected chi connectivity index (χ3v) is 5.30. The molecule has 0 radical (unpaired) electrons. The summed E-state index contributed by atoms with van der Waals surface area (Å²) in [5.41, 5.74) is 2.78. The van der Waals surface area contributed by atoms with Gasteiger partial charge in [0.05, 0.1) is 18.4 Å². The maximum atomic E-state index is 13.4. The van der Waals surface area contributed by atoms with E-state index in [1.54, 1.807) is 6.21 Å². The Hall–Kier alpha value is -2.60. The van der Waals surface area contributed by atoms with E-state index in [9.17, 15) is 4.79 Å². The monoisotopic (exact) mass is 471 g/mol. The number of benzene rings is 2. The fourth-order valence-corrected chi connectivity index (χ4v) is 3.44. The lowest BCUT2D eigenvalue weighted by Crippen LogP contribution is -2.04. The zero-order valence-electron chi connectivity index (χ0n) is 17.3. The molecule has 3 aromatic rings. The van der Waals surface area contributed by atoms with Crippen LogP contribution in [-0.2, 0) is 11.3 Å². The molecule has 0 bridgehead atoms. The van der Waals surface area contributed by atoms with Crippen LogP contribution in [0.1, 0.15) is 53.4 Å². The maximum absolute atomic E-state index is 13.4. The number of oxime groups is 1. The Kier molecular flexibility index (Phi) is 8.08. The minimum Gasteiger partial charge on any atom is -0.494 e. The molecule has 0 saturated carbocycles. The summed E-state index contributed by atoms with van der Waals surface area (Å²) >= 11 is 3.39. The fourth-order valence-electron chi connectivity index (χ4n) is 3.21. The molecule has 6 heteroatoms. The molecule has 0 N–H and O–H groups in total. The van der Waals surface area contributed by atoms with Gasteiger partial charge >= 0.3 is 0 Å². The molecule has 0 aliphatic carbocycles. The molecule has 0 spiro atoms. The summed E-state index contributed by atoms with van der Waals surface area (Å²) in [5, 5.41) is 5.51. The molecule has 5 nitrogen and oxygen atoms in total. The molecular formula is C24H26BrNO4. The molecule has 0 aliphatic heterocycles. The summed E-state index contributed by atoms with van der Waals surface area (Å²) in [6, 6.07) is 13.0. The summed E-state index contributed by atoms with van der Waals surface area (Å²) in [5.74, 6) is 1.44. The number of aryl methyl sites for hydroxylation is 1. The average molecular weight is 472 g/mol. The van der Waals surface area contributed by atoms with Crippen LogP contribution < -0.4 is 4.74 Å². The highest BCUT2D eigenvalue weighted by Crippen LogP contribution is 2.30. The largest absolute Gasteiger partial charge is 0.494 e. The first kappa shape index (κ1) is 22.1. The number of alkyl halides is 1.